The van der Waals surface area contributed by atoms with E-state index >= 15 is 0 Å². The summed E-state index contributed by atoms with van der Waals surface area (Å²) >= 11 is 1.13. The molecule has 1 aliphatic rings. The van der Waals surface area contributed by atoms with Gasteiger partial charge in [0.05, 0.1) is 13.6 Å². The Kier molecular flexibility index (Phi) is 9.13. The molecule has 74 heavy (non-hydrogen) atoms. The third-order valence-corrected chi connectivity index (χ3v) is 15.4. The highest BCUT2D eigenvalue weighted by Crippen LogP contribution is 2.56. The molecule has 4 heteroatoms. The van der Waals surface area contributed by atoms with Gasteiger partial charge in [0.1, 0.15) is 0 Å². The predicted molar refractivity (Wildman–Crippen MR) is 308 cm³/mol. The normalized spacial score (nSPS) is 13.6. The van der Waals surface area contributed by atoms with Crippen LogP contribution in [-0.2, 0) is 5.41 Å². The molecule has 0 saturated carbocycles. The molecule has 1 aliphatic carbocycles. The Morgan fingerprint density at radius 1 is 0.324 bits per heavy atom. The highest BCUT2D eigenvalue weighted by atomic mass is 32.1. The van der Waals surface area contributed by atoms with Crippen molar-refractivity contribution < 1.29 is 8.22 Å². The van der Waals surface area contributed by atoms with Gasteiger partial charge < -0.3 is 0 Å². The zero-order valence-electron chi connectivity index (χ0n) is 45.8. The van der Waals surface area contributed by atoms with E-state index in [9.17, 15) is 8.22 Å². The van der Waals surface area contributed by atoms with Gasteiger partial charge in [-0.15, -0.1) is 11.3 Å². The minimum Gasteiger partial charge on any atom is -0.208 e. The van der Waals surface area contributed by atoms with Gasteiger partial charge in [0.15, 0.2) is 17.5 Å². The first-order chi connectivity index (χ1) is 39.2. The van der Waals surface area contributed by atoms with Gasteiger partial charge in [0, 0.05) is 36.9 Å². The fraction of sp³-hybridized carbons (Fsp3) is 0.0143. The van der Waals surface area contributed by atoms with Crippen LogP contribution in [-0.4, -0.2) is 15.0 Å². The maximum atomic E-state index is 10.1. The monoisotopic (exact) mass is 965 g/mol. The molecule has 0 atom stereocenters. The first-order valence-corrected chi connectivity index (χ1v) is 25.5. The Hall–Kier alpha value is -9.35. The van der Waals surface area contributed by atoms with Crippen molar-refractivity contribution in [3.8, 4) is 89.8 Å². The van der Waals surface area contributed by atoms with Gasteiger partial charge >= 0.3 is 0 Å². The summed E-state index contributed by atoms with van der Waals surface area (Å²) in [7, 11) is 0. The zero-order chi connectivity index (χ0) is 54.2. The number of hydrogen-bond acceptors (Lipinski definition) is 4. The number of rotatable bonds is 9. The van der Waals surface area contributed by atoms with Gasteiger partial charge in [-0.3, -0.25) is 0 Å². The lowest BCUT2D eigenvalue weighted by molar-refractivity contribution is 0.768. The minimum atomic E-state index is -0.628. The number of aromatic nitrogens is 3. The molecular formula is C70H45N3S. The molecule has 0 saturated heterocycles. The summed E-state index contributed by atoms with van der Waals surface area (Å²) in [5.41, 5.74) is 14.3. The molecule has 346 valence electrons. The fourth-order valence-electron chi connectivity index (χ4n) is 11.0. The van der Waals surface area contributed by atoms with E-state index in [1.807, 2.05) is 146 Å². The second-order valence-corrected chi connectivity index (χ2v) is 19.6. The van der Waals surface area contributed by atoms with Crippen LogP contribution in [0, 0.1) is 0 Å². The van der Waals surface area contributed by atoms with Gasteiger partial charge in [0.25, 0.3) is 0 Å². The Morgan fingerprint density at radius 2 is 0.811 bits per heavy atom. The van der Waals surface area contributed by atoms with Gasteiger partial charge in [0.2, 0.25) is 0 Å². The Balaban J connectivity index is 0.987. The van der Waals surface area contributed by atoms with Crippen LogP contribution >= 0.6 is 11.3 Å². The molecular weight excluding hydrogens is 915 g/mol. The van der Waals surface area contributed by atoms with Gasteiger partial charge in [-0.25, -0.2) is 15.0 Å². The molecule has 0 radical (unpaired) electrons. The predicted octanol–water partition coefficient (Wildman–Crippen LogP) is 18.3. The molecule has 0 fully saturated rings. The Bertz CT molecular complexity index is 4490. The average molecular weight is 966 g/mol. The van der Waals surface area contributed by atoms with Crippen molar-refractivity contribution >= 4 is 31.5 Å². The van der Waals surface area contributed by atoms with E-state index in [0.717, 1.165) is 61.4 Å². The molecule has 0 unspecified atom stereocenters. The Morgan fingerprint density at radius 3 is 1.43 bits per heavy atom. The molecule has 0 spiro atoms. The van der Waals surface area contributed by atoms with E-state index < -0.39 is 5.41 Å². The van der Waals surface area contributed by atoms with Crippen LogP contribution < -0.4 is 0 Å². The van der Waals surface area contributed by atoms with E-state index in [1.54, 1.807) is 0 Å². The van der Waals surface area contributed by atoms with Gasteiger partial charge in [-0.2, -0.15) is 0 Å². The van der Waals surface area contributed by atoms with Crippen LogP contribution in [0.3, 0.4) is 0 Å². The lowest BCUT2D eigenvalue weighted by atomic mass is 9.67. The first-order valence-electron chi connectivity index (χ1n) is 27.7. The van der Waals surface area contributed by atoms with Crippen molar-refractivity contribution in [2.75, 3.05) is 0 Å². The van der Waals surface area contributed by atoms with Crippen LogP contribution in [0.15, 0.2) is 273 Å². The highest BCUT2D eigenvalue weighted by Gasteiger charge is 2.45. The van der Waals surface area contributed by atoms with E-state index in [2.05, 4.69) is 91.0 Å². The highest BCUT2D eigenvalue weighted by molar-refractivity contribution is 7.26. The molecule has 0 bridgehead atoms. The van der Waals surface area contributed by atoms with Crippen LogP contribution in [0.25, 0.3) is 110 Å². The van der Waals surface area contributed by atoms with Crippen molar-refractivity contribution in [1.29, 1.82) is 0 Å². The molecule has 0 amide bonds. The number of benzene rings is 11. The minimum absolute atomic E-state index is 0.0395. The van der Waals surface area contributed by atoms with Crippen molar-refractivity contribution in [1.82, 2.24) is 15.0 Å². The maximum Gasteiger partial charge on any atom is 0.164 e. The second-order valence-electron chi connectivity index (χ2n) is 18.5. The van der Waals surface area contributed by atoms with Gasteiger partial charge in [-0.05, 0) is 108 Å². The number of fused-ring (bicyclic) bond motifs is 6. The SMILES string of the molecule is [2H]c1c([2H])c(-c2cc(-c3ccccc3)cc(-c3ccccc3)c2)c2c(sc3c([2H])c(-c4nc(-c5ccc(C6(c7ccccc7)c7ccccc7-c7ccccc76)cc5)nc(-c5ccccc5-c5ccccc5)n4)c([2H])c([2H])c32)c1[2H]. The van der Waals surface area contributed by atoms with E-state index in [0.29, 0.717) is 43.1 Å². The molecule has 2 aromatic heterocycles. The molecule has 0 aliphatic heterocycles. The molecule has 0 N–H and O–H groups in total. The maximum absolute atomic E-state index is 10.1. The fourth-order valence-corrected chi connectivity index (χ4v) is 12.0. The molecule has 2 heterocycles. The largest absolute Gasteiger partial charge is 0.208 e. The average Bonchev–Trinajstić information content (AvgIpc) is 4.29. The summed E-state index contributed by atoms with van der Waals surface area (Å²) in [6, 6.07) is 79.0. The topological polar surface area (TPSA) is 38.7 Å². The smallest absolute Gasteiger partial charge is 0.164 e. The van der Waals surface area contributed by atoms with Crippen molar-refractivity contribution in [2.45, 2.75) is 5.41 Å². The molecule has 11 aromatic carbocycles. The number of thiophene rings is 1. The van der Waals surface area contributed by atoms with Crippen molar-refractivity contribution in [3.63, 3.8) is 0 Å². The Labute approximate surface area is 442 Å². The summed E-state index contributed by atoms with van der Waals surface area (Å²) in [5, 5.41) is 0.669. The molecule has 3 nitrogen and oxygen atoms in total. The number of nitrogens with zero attached hydrogens (tertiary/aromatic N) is 3. The quantitative estimate of drug-likeness (QED) is 0.145. The number of hydrogen-bond donors (Lipinski definition) is 0. The summed E-state index contributed by atoms with van der Waals surface area (Å²) in [5.74, 6) is 0.703. The summed E-state index contributed by atoms with van der Waals surface area (Å²) < 4.78 is 58.8. The third kappa shape index (κ3) is 7.30. The zero-order valence-corrected chi connectivity index (χ0v) is 40.6. The lowest BCUT2D eigenvalue weighted by Crippen LogP contribution is -2.28. The second kappa shape index (κ2) is 18.0. The van der Waals surface area contributed by atoms with Crippen LogP contribution in [0.5, 0.6) is 0 Å². The van der Waals surface area contributed by atoms with E-state index in [-0.39, 0.29) is 53.0 Å². The van der Waals surface area contributed by atoms with Crippen molar-refractivity contribution in [3.05, 3.63) is 295 Å². The first kappa shape index (κ1) is 37.4. The van der Waals surface area contributed by atoms with Crippen LogP contribution in [0.2, 0.25) is 0 Å². The van der Waals surface area contributed by atoms with E-state index in [4.69, 9.17) is 15.0 Å². The van der Waals surface area contributed by atoms with Crippen LogP contribution in [0.4, 0.5) is 0 Å². The van der Waals surface area contributed by atoms with Gasteiger partial charge in [-0.1, -0.05) is 243 Å². The lowest BCUT2D eigenvalue weighted by Gasteiger charge is -2.34. The van der Waals surface area contributed by atoms with E-state index in [1.165, 1.54) is 22.3 Å². The summed E-state index contributed by atoms with van der Waals surface area (Å²) in [6.07, 6.45) is 0. The molecule has 14 rings (SSSR count). The summed E-state index contributed by atoms with van der Waals surface area (Å²) in [6.45, 7) is 0. The van der Waals surface area contributed by atoms with Crippen molar-refractivity contribution in [2.24, 2.45) is 0 Å². The summed E-state index contributed by atoms with van der Waals surface area (Å²) in [4.78, 5) is 15.5. The third-order valence-electron chi connectivity index (χ3n) is 14.4. The standard InChI is InChI=1S/C70H45N3S/c1-5-20-46(21-6-1)51-42-52(47-22-7-2-8-23-47)44-53(43-51)57-32-19-35-64-66(57)61-41-38-50(45-65(61)74-64)68-71-67(72-69(73-68)60-31-14-13-28-56(60)48-24-9-3-10-25-48)49-36-39-55(40-37-49)70(54-26-11-4-12-27-54)62-33-17-15-29-58(62)59-30-16-18-34-63(59)70/h1-45H/i19D,32D,35D,38D,41D,45D. The van der Waals surface area contributed by atoms with Crippen LogP contribution in [0.1, 0.15) is 30.5 Å². The molecule has 13 aromatic rings.